The van der Waals surface area contributed by atoms with Crippen molar-refractivity contribution in [3.63, 3.8) is 0 Å². The molecule has 2 heterocycles. The maximum Gasteiger partial charge on any atom is 0.105 e. The molecule has 0 bridgehead atoms. The van der Waals surface area contributed by atoms with Crippen LogP contribution in [0.3, 0.4) is 0 Å². The molecule has 1 aromatic rings. The molecule has 0 fully saturated rings. The van der Waals surface area contributed by atoms with E-state index in [0.29, 0.717) is 12.0 Å². The van der Waals surface area contributed by atoms with Crippen LogP contribution < -0.4 is 11.1 Å². The monoisotopic (exact) mass is 205 g/mol. The van der Waals surface area contributed by atoms with Gasteiger partial charge < -0.3 is 5.73 Å². The van der Waals surface area contributed by atoms with E-state index in [-0.39, 0.29) is 5.92 Å². The Morgan fingerprint density at radius 2 is 2.29 bits per heavy atom. The van der Waals surface area contributed by atoms with Gasteiger partial charge in [-0.05, 0) is 11.6 Å². The molecule has 0 radical (unpaired) electrons. The first-order chi connectivity index (χ1) is 6.86. The van der Waals surface area contributed by atoms with E-state index in [1.54, 1.807) is 0 Å². The Labute approximate surface area is 86.8 Å². The fourth-order valence-electron chi connectivity index (χ4n) is 2.01. The van der Waals surface area contributed by atoms with Crippen molar-refractivity contribution >= 4 is 17.6 Å². The summed E-state index contributed by atoms with van der Waals surface area (Å²) < 4.78 is 0. The van der Waals surface area contributed by atoms with Crippen molar-refractivity contribution in [2.75, 3.05) is 6.67 Å². The first-order valence-electron chi connectivity index (χ1n) is 4.65. The van der Waals surface area contributed by atoms with Crippen LogP contribution in [0.15, 0.2) is 34.2 Å². The van der Waals surface area contributed by atoms with Crippen LogP contribution in [-0.2, 0) is 0 Å². The number of nitrogens with two attached hydrogens (primary N) is 1. The van der Waals surface area contributed by atoms with Crippen LogP contribution in [0.2, 0.25) is 0 Å². The molecule has 0 saturated heterocycles. The zero-order chi connectivity index (χ0) is 9.54. The van der Waals surface area contributed by atoms with Gasteiger partial charge >= 0.3 is 0 Å². The van der Waals surface area contributed by atoms with Gasteiger partial charge in [-0.15, -0.1) is 11.8 Å². The van der Waals surface area contributed by atoms with Crippen LogP contribution in [0.5, 0.6) is 0 Å². The Morgan fingerprint density at radius 3 is 3.21 bits per heavy atom. The third kappa shape index (κ3) is 1.07. The van der Waals surface area contributed by atoms with Gasteiger partial charge in [0.2, 0.25) is 0 Å². The first-order valence-corrected chi connectivity index (χ1v) is 5.53. The zero-order valence-electron chi connectivity index (χ0n) is 7.60. The molecule has 0 aromatic heterocycles. The number of rotatable bonds is 0. The summed E-state index contributed by atoms with van der Waals surface area (Å²) in [5.41, 5.74) is 7.25. The number of benzene rings is 1. The molecule has 3 rings (SSSR count). The second kappa shape index (κ2) is 3.00. The highest BCUT2D eigenvalue weighted by atomic mass is 32.2. The summed E-state index contributed by atoms with van der Waals surface area (Å²) in [6, 6.07) is 8.41. The molecule has 2 unspecified atom stereocenters. The number of aliphatic imine (C=N–C) groups is 1. The van der Waals surface area contributed by atoms with Crippen molar-refractivity contribution in [1.29, 1.82) is 0 Å². The van der Waals surface area contributed by atoms with Gasteiger partial charge in [0.25, 0.3) is 0 Å². The molecule has 2 aliphatic rings. The molecule has 1 aromatic carbocycles. The van der Waals surface area contributed by atoms with E-state index in [1.807, 2.05) is 11.8 Å². The zero-order valence-corrected chi connectivity index (χ0v) is 8.42. The van der Waals surface area contributed by atoms with Crippen molar-refractivity contribution in [3.05, 3.63) is 29.8 Å². The highest BCUT2D eigenvalue weighted by molar-refractivity contribution is 8.00. The molecule has 4 heteroatoms. The second-order valence-corrected chi connectivity index (χ2v) is 4.68. The summed E-state index contributed by atoms with van der Waals surface area (Å²) in [4.78, 5) is 5.57. The first kappa shape index (κ1) is 8.32. The number of hydrogen-bond acceptors (Lipinski definition) is 4. The minimum absolute atomic E-state index is 0.268. The van der Waals surface area contributed by atoms with Gasteiger partial charge in [0.1, 0.15) is 5.84 Å². The number of hydrogen-bond donors (Lipinski definition) is 2. The number of nitrogens with zero attached hydrogens (tertiary/aromatic N) is 1. The Bertz CT molecular complexity index is 402. The lowest BCUT2D eigenvalue weighted by Gasteiger charge is -2.24. The molecule has 3 N–H and O–H groups in total. The SMILES string of the molecule is NC1=NCNC2Sc3ccccc3C12. The van der Waals surface area contributed by atoms with Crippen molar-refractivity contribution in [1.82, 2.24) is 5.32 Å². The number of thioether (sulfide) groups is 1. The Hall–Kier alpha value is -1.00. The molecule has 3 nitrogen and oxygen atoms in total. The van der Waals surface area contributed by atoms with Crippen LogP contribution in [0.25, 0.3) is 0 Å². The van der Waals surface area contributed by atoms with Gasteiger partial charge in [-0.3, -0.25) is 10.3 Å². The molecule has 0 spiro atoms. The standard InChI is InChI=1S/C10H11N3S/c11-9-8-6-3-1-2-4-7(6)14-10(8)13-5-12-9/h1-4,8,10,13H,5H2,(H2,11,12). The van der Waals surface area contributed by atoms with E-state index in [2.05, 4.69) is 34.6 Å². The molecule has 0 aliphatic carbocycles. The van der Waals surface area contributed by atoms with Gasteiger partial charge in [0, 0.05) is 4.90 Å². The lowest BCUT2D eigenvalue weighted by Crippen LogP contribution is -2.41. The van der Waals surface area contributed by atoms with Crippen LogP contribution in [0.4, 0.5) is 0 Å². The summed E-state index contributed by atoms with van der Waals surface area (Å²) in [7, 11) is 0. The van der Waals surface area contributed by atoms with Crippen LogP contribution >= 0.6 is 11.8 Å². The smallest absolute Gasteiger partial charge is 0.105 e. The highest BCUT2D eigenvalue weighted by Gasteiger charge is 2.37. The molecule has 2 aliphatic heterocycles. The highest BCUT2D eigenvalue weighted by Crippen LogP contribution is 2.44. The predicted molar refractivity (Wildman–Crippen MR) is 58.5 cm³/mol. The second-order valence-electron chi connectivity index (χ2n) is 3.50. The molecular formula is C10H11N3S. The van der Waals surface area contributed by atoms with Gasteiger partial charge in [-0.1, -0.05) is 18.2 Å². The average molecular weight is 205 g/mol. The van der Waals surface area contributed by atoms with E-state index >= 15 is 0 Å². The van der Waals surface area contributed by atoms with Crippen LogP contribution in [-0.4, -0.2) is 17.9 Å². The summed E-state index contributed by atoms with van der Waals surface area (Å²) >= 11 is 1.85. The van der Waals surface area contributed by atoms with Crippen molar-refractivity contribution in [2.24, 2.45) is 10.7 Å². The quantitative estimate of drug-likeness (QED) is 0.667. The Kier molecular flexibility index (Phi) is 1.78. The Balaban J connectivity index is 2.11. The topological polar surface area (TPSA) is 50.4 Å². The summed E-state index contributed by atoms with van der Waals surface area (Å²) in [6.07, 6.45) is 0. The van der Waals surface area contributed by atoms with Gasteiger partial charge in [0.05, 0.1) is 18.0 Å². The number of nitrogens with one attached hydrogen (secondary N) is 1. The number of fused-ring (bicyclic) bond motifs is 3. The minimum atomic E-state index is 0.268. The van der Waals surface area contributed by atoms with Crippen molar-refractivity contribution in [2.45, 2.75) is 16.2 Å². The predicted octanol–water partition coefficient (Wildman–Crippen LogP) is 1.12. The van der Waals surface area contributed by atoms with Crippen molar-refractivity contribution < 1.29 is 0 Å². The lowest BCUT2D eigenvalue weighted by molar-refractivity contribution is 0.606. The van der Waals surface area contributed by atoms with E-state index in [1.165, 1.54) is 10.5 Å². The summed E-state index contributed by atoms with van der Waals surface area (Å²) in [6.45, 7) is 0.647. The normalized spacial score (nSPS) is 29.3. The molecule has 0 saturated carbocycles. The molecule has 14 heavy (non-hydrogen) atoms. The third-order valence-corrected chi connectivity index (χ3v) is 4.00. The Morgan fingerprint density at radius 1 is 1.43 bits per heavy atom. The molecule has 2 atom stereocenters. The summed E-state index contributed by atoms with van der Waals surface area (Å²) in [5, 5.41) is 3.73. The van der Waals surface area contributed by atoms with Gasteiger partial charge in [0.15, 0.2) is 0 Å². The maximum atomic E-state index is 5.93. The molecular weight excluding hydrogens is 194 g/mol. The van der Waals surface area contributed by atoms with E-state index in [4.69, 9.17) is 5.73 Å². The van der Waals surface area contributed by atoms with Gasteiger partial charge in [-0.25, -0.2) is 0 Å². The summed E-state index contributed by atoms with van der Waals surface area (Å²) in [5.74, 6) is 1.04. The fourth-order valence-corrected chi connectivity index (χ4v) is 3.35. The van der Waals surface area contributed by atoms with E-state index in [0.717, 1.165) is 5.84 Å². The van der Waals surface area contributed by atoms with Crippen LogP contribution in [0.1, 0.15) is 11.5 Å². The fraction of sp³-hybridized carbons (Fsp3) is 0.300. The number of amidine groups is 1. The maximum absolute atomic E-state index is 5.93. The lowest BCUT2D eigenvalue weighted by atomic mass is 9.97. The molecule has 0 amide bonds. The van der Waals surface area contributed by atoms with E-state index < -0.39 is 0 Å². The van der Waals surface area contributed by atoms with Gasteiger partial charge in [-0.2, -0.15) is 0 Å². The van der Waals surface area contributed by atoms with Crippen molar-refractivity contribution in [3.8, 4) is 0 Å². The third-order valence-electron chi connectivity index (χ3n) is 2.68. The minimum Gasteiger partial charge on any atom is -0.387 e. The van der Waals surface area contributed by atoms with Crippen LogP contribution in [0, 0.1) is 0 Å². The molecule has 72 valence electrons. The average Bonchev–Trinajstić information content (AvgIpc) is 2.57. The van der Waals surface area contributed by atoms with E-state index in [9.17, 15) is 0 Å². The largest absolute Gasteiger partial charge is 0.387 e.